The normalized spacial score (nSPS) is 16.7. The Labute approximate surface area is 254 Å². The van der Waals surface area contributed by atoms with Gasteiger partial charge in [0.05, 0.1) is 16.9 Å². The second-order valence-corrected chi connectivity index (χ2v) is 12.0. The predicted octanol–water partition coefficient (Wildman–Crippen LogP) is 6.20. The second kappa shape index (κ2) is 16.1. The SMILES string of the molecule is CCCCCCCCCCCCCC(=O)OCOC(=O)c1cn2c3c(c(N4CCN(C)CC4)c(F)cc3c1=O)OC[C@@H]2C. The maximum Gasteiger partial charge on any atom is 0.346 e. The molecule has 1 saturated heterocycles. The van der Waals surface area contributed by atoms with Crippen molar-refractivity contribution in [2.45, 2.75) is 96.9 Å². The molecule has 1 aromatic heterocycles. The molecule has 0 aliphatic carbocycles. The predicted molar refractivity (Wildman–Crippen MR) is 166 cm³/mol. The number of unbranched alkanes of at least 4 members (excludes halogenated alkanes) is 10. The van der Waals surface area contributed by atoms with Gasteiger partial charge in [-0.3, -0.25) is 9.59 Å². The van der Waals surface area contributed by atoms with Gasteiger partial charge in [0.1, 0.15) is 17.9 Å². The van der Waals surface area contributed by atoms with E-state index >= 15 is 4.39 Å². The fraction of sp³-hybridized carbons (Fsp3) is 0.667. The van der Waals surface area contributed by atoms with Crippen molar-refractivity contribution < 1.29 is 28.2 Å². The average molecular weight is 602 g/mol. The number of halogens is 1. The van der Waals surface area contributed by atoms with Crippen LogP contribution in [0.3, 0.4) is 0 Å². The van der Waals surface area contributed by atoms with Crippen molar-refractivity contribution in [3.05, 3.63) is 33.9 Å². The number of hydrogen-bond donors (Lipinski definition) is 0. The van der Waals surface area contributed by atoms with Crippen LogP contribution in [0.25, 0.3) is 10.9 Å². The molecule has 0 amide bonds. The standard InChI is InChI=1S/C33H48FN3O6/c1-4-5-6-7-8-9-10-11-12-13-14-15-28(38)42-23-43-33(40)26-21-37-24(2)22-41-32-29(37)25(31(26)39)20-27(34)30(32)36-18-16-35(3)17-19-36/h20-21,24H,4-19,22-23H2,1-3H3/t24-/m0/s1. The number of carbonyl (C=O) groups excluding carboxylic acids is 2. The molecule has 1 fully saturated rings. The van der Waals surface area contributed by atoms with Crippen LogP contribution < -0.4 is 15.1 Å². The summed E-state index contributed by atoms with van der Waals surface area (Å²) in [7, 11) is 2.02. The average Bonchev–Trinajstić information content (AvgIpc) is 2.99. The van der Waals surface area contributed by atoms with Gasteiger partial charge in [0.2, 0.25) is 12.2 Å². The molecule has 0 bridgehead atoms. The molecule has 0 N–H and O–H groups in total. The summed E-state index contributed by atoms with van der Waals surface area (Å²) in [6.45, 7) is 6.66. The second-order valence-electron chi connectivity index (χ2n) is 12.0. The highest BCUT2D eigenvalue weighted by atomic mass is 19.1. The van der Waals surface area contributed by atoms with Crippen molar-refractivity contribution in [1.29, 1.82) is 0 Å². The third-order valence-electron chi connectivity index (χ3n) is 8.58. The van der Waals surface area contributed by atoms with Crippen molar-refractivity contribution in [2.24, 2.45) is 0 Å². The molecule has 0 saturated carbocycles. The van der Waals surface area contributed by atoms with Gasteiger partial charge in [-0.25, -0.2) is 9.18 Å². The van der Waals surface area contributed by atoms with E-state index in [1.54, 1.807) is 4.57 Å². The van der Waals surface area contributed by atoms with Crippen LogP contribution in [0.2, 0.25) is 0 Å². The molecule has 9 nitrogen and oxygen atoms in total. The number of aromatic nitrogens is 1. The molecule has 1 atom stereocenters. The number of piperazine rings is 1. The van der Waals surface area contributed by atoms with E-state index in [-0.39, 0.29) is 30.0 Å². The first-order valence-corrected chi connectivity index (χ1v) is 16.1. The van der Waals surface area contributed by atoms with Crippen LogP contribution in [0, 0.1) is 5.82 Å². The Kier molecular flexibility index (Phi) is 12.3. The molecule has 3 heterocycles. The lowest BCUT2D eigenvalue weighted by Gasteiger charge is -2.37. The minimum absolute atomic E-state index is 0.0554. The molecular formula is C33H48FN3O6. The smallest absolute Gasteiger partial charge is 0.346 e. The first-order chi connectivity index (χ1) is 20.8. The molecule has 0 spiro atoms. The highest BCUT2D eigenvalue weighted by Crippen LogP contribution is 2.42. The zero-order chi connectivity index (χ0) is 30.8. The van der Waals surface area contributed by atoms with E-state index in [9.17, 15) is 14.4 Å². The first-order valence-electron chi connectivity index (χ1n) is 16.1. The Morgan fingerprint density at radius 1 is 0.953 bits per heavy atom. The zero-order valence-corrected chi connectivity index (χ0v) is 26.1. The number of likely N-dealkylation sites (N-methyl/N-ethyl adjacent to an activating group) is 1. The molecule has 43 heavy (non-hydrogen) atoms. The molecule has 0 radical (unpaired) electrons. The summed E-state index contributed by atoms with van der Waals surface area (Å²) in [5.74, 6) is -1.59. The van der Waals surface area contributed by atoms with Gasteiger partial charge < -0.3 is 28.6 Å². The van der Waals surface area contributed by atoms with Crippen LogP contribution in [0.5, 0.6) is 5.75 Å². The lowest BCUT2D eigenvalue weighted by Crippen LogP contribution is -2.45. The van der Waals surface area contributed by atoms with Gasteiger partial charge in [-0.1, -0.05) is 71.1 Å². The third-order valence-corrected chi connectivity index (χ3v) is 8.58. The number of carbonyl (C=O) groups is 2. The van der Waals surface area contributed by atoms with Crippen LogP contribution in [0.15, 0.2) is 17.1 Å². The topological polar surface area (TPSA) is 90.3 Å². The largest absolute Gasteiger partial charge is 0.487 e. The molecular weight excluding hydrogens is 553 g/mol. The van der Waals surface area contributed by atoms with Crippen LogP contribution in [0.4, 0.5) is 10.1 Å². The number of hydrogen-bond acceptors (Lipinski definition) is 8. The summed E-state index contributed by atoms with van der Waals surface area (Å²) in [6.07, 6.45) is 14.7. The van der Waals surface area contributed by atoms with Gasteiger partial charge >= 0.3 is 11.9 Å². The summed E-state index contributed by atoms with van der Waals surface area (Å²) in [6, 6.07) is 0.994. The third kappa shape index (κ3) is 8.49. The molecule has 4 rings (SSSR count). The molecule has 1 aromatic carbocycles. The monoisotopic (exact) mass is 601 g/mol. The number of nitrogens with zero attached hydrogens (tertiary/aromatic N) is 3. The highest BCUT2D eigenvalue weighted by Gasteiger charge is 2.31. The van der Waals surface area contributed by atoms with Crippen molar-refractivity contribution in [2.75, 3.05) is 51.5 Å². The lowest BCUT2D eigenvalue weighted by molar-refractivity contribution is -0.152. The Morgan fingerprint density at radius 3 is 2.23 bits per heavy atom. The summed E-state index contributed by atoms with van der Waals surface area (Å²) in [5.41, 5.74) is -0.0682. The molecule has 2 aromatic rings. The van der Waals surface area contributed by atoms with E-state index in [2.05, 4.69) is 11.8 Å². The fourth-order valence-electron chi connectivity index (χ4n) is 5.91. The minimum atomic E-state index is -0.915. The number of ether oxygens (including phenoxy) is 3. The number of benzene rings is 1. The van der Waals surface area contributed by atoms with Crippen LogP contribution in [-0.4, -0.2) is 68.0 Å². The van der Waals surface area contributed by atoms with Gasteiger partial charge in [0, 0.05) is 38.8 Å². The fourth-order valence-corrected chi connectivity index (χ4v) is 5.91. The molecule has 10 heteroatoms. The van der Waals surface area contributed by atoms with E-state index in [1.807, 2.05) is 18.9 Å². The first kappa shape index (κ1) is 32.8. The van der Waals surface area contributed by atoms with E-state index < -0.39 is 30.0 Å². The van der Waals surface area contributed by atoms with Gasteiger partial charge in [-0.2, -0.15) is 0 Å². The quantitative estimate of drug-likeness (QED) is 0.128. The van der Waals surface area contributed by atoms with Gasteiger partial charge in [0.15, 0.2) is 11.6 Å². The Hall–Kier alpha value is -3.14. The number of esters is 2. The number of anilines is 1. The van der Waals surface area contributed by atoms with Crippen molar-refractivity contribution in [3.8, 4) is 5.75 Å². The van der Waals surface area contributed by atoms with E-state index in [4.69, 9.17) is 14.2 Å². The molecule has 2 aliphatic heterocycles. The van der Waals surface area contributed by atoms with Crippen molar-refractivity contribution >= 4 is 28.5 Å². The molecule has 238 valence electrons. The maximum absolute atomic E-state index is 15.5. The van der Waals surface area contributed by atoms with E-state index in [1.165, 1.54) is 63.6 Å². The molecule has 2 aliphatic rings. The van der Waals surface area contributed by atoms with E-state index in [0.717, 1.165) is 32.4 Å². The van der Waals surface area contributed by atoms with Crippen LogP contribution in [0.1, 0.15) is 107 Å². The Morgan fingerprint density at radius 2 is 1.58 bits per heavy atom. The van der Waals surface area contributed by atoms with Crippen molar-refractivity contribution in [3.63, 3.8) is 0 Å². The Balaban J connectivity index is 1.29. The minimum Gasteiger partial charge on any atom is -0.487 e. The summed E-state index contributed by atoms with van der Waals surface area (Å²) < 4.78 is 33.5. The maximum atomic E-state index is 15.5. The van der Waals surface area contributed by atoms with Gasteiger partial charge in [0.25, 0.3) is 0 Å². The van der Waals surface area contributed by atoms with Crippen molar-refractivity contribution in [1.82, 2.24) is 9.47 Å². The van der Waals surface area contributed by atoms with Crippen LogP contribution in [-0.2, 0) is 14.3 Å². The number of pyridine rings is 1. The number of rotatable bonds is 16. The summed E-state index contributed by atoms with van der Waals surface area (Å²) in [4.78, 5) is 42.5. The zero-order valence-electron chi connectivity index (χ0n) is 26.1. The van der Waals surface area contributed by atoms with E-state index in [0.29, 0.717) is 30.0 Å². The highest BCUT2D eigenvalue weighted by molar-refractivity contribution is 5.98. The Bertz CT molecular complexity index is 1300. The van der Waals surface area contributed by atoms with Gasteiger partial charge in [-0.05, 0) is 26.5 Å². The van der Waals surface area contributed by atoms with Crippen LogP contribution >= 0.6 is 0 Å². The lowest BCUT2D eigenvalue weighted by atomic mass is 10.1. The summed E-state index contributed by atoms with van der Waals surface area (Å²) in [5, 5.41) is 0.0554. The summed E-state index contributed by atoms with van der Waals surface area (Å²) >= 11 is 0. The molecule has 0 unspecified atom stereocenters. The van der Waals surface area contributed by atoms with Gasteiger partial charge in [-0.15, -0.1) is 0 Å².